The normalized spacial score (nSPS) is 13.7. The van der Waals surface area contributed by atoms with E-state index in [9.17, 15) is 28.9 Å². The summed E-state index contributed by atoms with van der Waals surface area (Å²) in [5.41, 5.74) is 0. The highest BCUT2D eigenvalue weighted by Crippen LogP contribution is 2.43. The maximum absolute atomic E-state index is 12.8. The Morgan fingerprint density at radius 3 is 1.21 bits per heavy atom. The van der Waals surface area contributed by atoms with Crippen molar-refractivity contribution in [2.45, 2.75) is 264 Å². The van der Waals surface area contributed by atoms with Crippen LogP contribution in [0.25, 0.3) is 0 Å². The van der Waals surface area contributed by atoms with Crippen molar-refractivity contribution in [2.24, 2.45) is 0 Å². The Morgan fingerprint density at radius 1 is 0.424 bits per heavy atom. The molecule has 11 nitrogen and oxygen atoms in total. The summed E-state index contributed by atoms with van der Waals surface area (Å²) in [4.78, 5) is 48.3. The second kappa shape index (κ2) is 49.1. The van der Waals surface area contributed by atoms with Gasteiger partial charge in [-0.2, -0.15) is 0 Å². The van der Waals surface area contributed by atoms with Gasteiger partial charge in [0.15, 0.2) is 6.10 Å². The van der Waals surface area contributed by atoms with Gasteiger partial charge in [0.25, 0.3) is 0 Å². The lowest BCUT2D eigenvalue weighted by atomic mass is 10.0. The van der Waals surface area contributed by atoms with E-state index in [1.807, 2.05) is 0 Å². The molecule has 3 atom stereocenters. The third-order valence-corrected chi connectivity index (χ3v) is 12.5. The molecule has 66 heavy (non-hydrogen) atoms. The highest BCUT2D eigenvalue weighted by Gasteiger charge is 2.28. The molecule has 0 aromatic rings. The molecule has 386 valence electrons. The summed E-state index contributed by atoms with van der Waals surface area (Å²) in [5.74, 6) is -1.48. The molecule has 0 aliphatic heterocycles. The average molecular weight is 955 g/mol. The second-order valence-electron chi connectivity index (χ2n) is 18.0. The minimum absolute atomic E-state index is 0.152. The van der Waals surface area contributed by atoms with Crippen LogP contribution in [0.4, 0.5) is 0 Å². The van der Waals surface area contributed by atoms with Crippen molar-refractivity contribution in [1.29, 1.82) is 0 Å². The number of rotatable bonds is 50. The van der Waals surface area contributed by atoms with Crippen LogP contribution in [0.15, 0.2) is 36.5 Å². The lowest BCUT2D eigenvalue weighted by molar-refractivity contribution is -0.161. The predicted octanol–water partition coefficient (Wildman–Crippen LogP) is 15.3. The van der Waals surface area contributed by atoms with Crippen LogP contribution >= 0.6 is 7.82 Å². The molecular weight excluding hydrogens is 856 g/mol. The van der Waals surface area contributed by atoms with Crippen LogP contribution in [0.3, 0.4) is 0 Å². The van der Waals surface area contributed by atoms with Gasteiger partial charge in [-0.1, -0.05) is 198 Å². The molecule has 0 rings (SSSR count). The Kier molecular flexibility index (Phi) is 47.4. The van der Waals surface area contributed by atoms with E-state index < -0.39 is 57.8 Å². The van der Waals surface area contributed by atoms with E-state index in [0.717, 1.165) is 109 Å². The molecule has 0 radical (unpaired) electrons. The third-order valence-electron chi connectivity index (χ3n) is 11.5. The minimum Gasteiger partial charge on any atom is -0.462 e. The van der Waals surface area contributed by atoms with Crippen molar-refractivity contribution >= 4 is 25.7 Å². The van der Waals surface area contributed by atoms with Gasteiger partial charge in [-0.25, -0.2) is 4.57 Å². The molecule has 0 saturated heterocycles. The summed E-state index contributed by atoms with van der Waals surface area (Å²) in [5, 5.41) is 9.78. The molecule has 0 aromatic heterocycles. The van der Waals surface area contributed by atoms with Crippen LogP contribution in [-0.4, -0.2) is 66.5 Å². The van der Waals surface area contributed by atoms with Gasteiger partial charge in [0.05, 0.1) is 19.8 Å². The first-order valence-corrected chi connectivity index (χ1v) is 28.4. The number of phosphoric ester groups is 1. The summed E-state index contributed by atoms with van der Waals surface area (Å²) in [6.45, 7) is 4.55. The Morgan fingerprint density at radius 2 is 0.773 bits per heavy atom. The molecule has 0 aliphatic carbocycles. The number of ether oxygens (including phenoxy) is 3. The fourth-order valence-corrected chi connectivity index (χ4v) is 8.17. The van der Waals surface area contributed by atoms with E-state index in [1.165, 1.54) is 83.5 Å². The fraction of sp³-hybridized carbons (Fsp3) is 0.833. The average Bonchev–Trinajstić information content (AvgIpc) is 3.30. The van der Waals surface area contributed by atoms with E-state index in [1.54, 1.807) is 0 Å². The molecule has 0 aliphatic rings. The van der Waals surface area contributed by atoms with Crippen molar-refractivity contribution in [2.75, 3.05) is 26.4 Å². The predicted molar refractivity (Wildman–Crippen MR) is 270 cm³/mol. The Hall–Kier alpha value is -2.30. The highest BCUT2D eigenvalue weighted by molar-refractivity contribution is 7.47. The summed E-state index contributed by atoms with van der Waals surface area (Å²) >= 11 is 0. The lowest BCUT2D eigenvalue weighted by Crippen LogP contribution is -2.30. The number of aliphatic hydroxyl groups is 1. The van der Waals surface area contributed by atoms with Gasteiger partial charge in [0.1, 0.15) is 12.7 Å². The number of carbonyl (C=O) groups is 3. The summed E-state index contributed by atoms with van der Waals surface area (Å²) in [6.07, 6.45) is 48.2. The number of phosphoric acid groups is 1. The molecule has 0 aromatic carbocycles. The number of hydrogen-bond acceptors (Lipinski definition) is 10. The number of hydrogen-bond donors (Lipinski definition) is 2. The van der Waals surface area contributed by atoms with Crippen molar-refractivity contribution in [3.8, 4) is 0 Å². The van der Waals surface area contributed by atoms with Crippen molar-refractivity contribution in [3.05, 3.63) is 36.5 Å². The first-order valence-electron chi connectivity index (χ1n) is 26.9. The van der Waals surface area contributed by atoms with Crippen LogP contribution in [0.1, 0.15) is 252 Å². The quantitative estimate of drug-likeness (QED) is 0.0197. The molecule has 2 N–H and O–H groups in total. The number of unbranched alkanes of at least 4 members (excludes halogenated alkanes) is 27. The Labute approximate surface area is 403 Å². The van der Waals surface area contributed by atoms with Crippen LogP contribution in [-0.2, 0) is 42.2 Å². The second-order valence-corrected chi connectivity index (χ2v) is 19.5. The maximum atomic E-state index is 12.8. The van der Waals surface area contributed by atoms with Crippen LogP contribution in [0, 0.1) is 0 Å². The number of allylic oxidation sites excluding steroid dienone is 6. The van der Waals surface area contributed by atoms with Gasteiger partial charge in [-0.15, -0.1) is 0 Å². The van der Waals surface area contributed by atoms with Crippen molar-refractivity contribution < 1.29 is 52.2 Å². The van der Waals surface area contributed by atoms with Crippen molar-refractivity contribution in [3.63, 3.8) is 0 Å². The maximum Gasteiger partial charge on any atom is 0.472 e. The summed E-state index contributed by atoms with van der Waals surface area (Å²) in [7, 11) is -4.74. The standard InChI is InChI=1S/C54H99O11P/c1-4-7-10-13-16-19-22-25-28-31-34-37-40-43-52(56)61-47-51(65-54(58)45-42-39-36-33-30-27-24-21-18-15-12-9-6-3)49-63-66(59,60)62-48-50(46-55)64-53(57)44-41-38-35-32-29-26-23-20-17-14-11-8-5-2/h12,15,19,21-22,24,50-51,55H,4-11,13-14,16-18,20,23,25-49H2,1-3H3,(H,59,60)/b15-12-,22-19-,24-21-. The molecule has 0 fully saturated rings. The molecular formula is C54H99O11P. The first-order chi connectivity index (χ1) is 32.2. The first kappa shape index (κ1) is 63.7. The van der Waals surface area contributed by atoms with Gasteiger partial charge in [0.2, 0.25) is 0 Å². The van der Waals surface area contributed by atoms with E-state index in [0.29, 0.717) is 19.3 Å². The third kappa shape index (κ3) is 46.8. The van der Waals surface area contributed by atoms with E-state index >= 15 is 0 Å². The SMILES string of the molecule is CCC/C=C\C/C=C\CCCCCCCC(=O)OC(COC(=O)CCCCCCC/C=C\CCCCCC)COP(=O)(O)OCC(CO)OC(=O)CCCCCCCCCCCCCCC. The number of aliphatic hydroxyl groups excluding tert-OH is 1. The van der Waals surface area contributed by atoms with Gasteiger partial charge in [0, 0.05) is 19.3 Å². The molecule has 0 amide bonds. The molecule has 0 spiro atoms. The van der Waals surface area contributed by atoms with Gasteiger partial charge < -0.3 is 24.2 Å². The topological polar surface area (TPSA) is 155 Å². The van der Waals surface area contributed by atoms with Crippen LogP contribution in [0.5, 0.6) is 0 Å². The van der Waals surface area contributed by atoms with E-state index in [-0.39, 0.29) is 25.9 Å². The van der Waals surface area contributed by atoms with Crippen LogP contribution < -0.4 is 0 Å². The summed E-state index contributed by atoms with van der Waals surface area (Å²) in [6, 6.07) is 0. The van der Waals surface area contributed by atoms with Crippen LogP contribution in [0.2, 0.25) is 0 Å². The van der Waals surface area contributed by atoms with Gasteiger partial charge in [-0.3, -0.25) is 23.4 Å². The smallest absolute Gasteiger partial charge is 0.462 e. The zero-order valence-corrected chi connectivity index (χ0v) is 43.3. The molecule has 0 saturated carbocycles. The summed E-state index contributed by atoms with van der Waals surface area (Å²) < 4.78 is 39.4. The number of carbonyl (C=O) groups excluding carboxylic acids is 3. The molecule has 0 heterocycles. The fourth-order valence-electron chi connectivity index (χ4n) is 7.39. The zero-order valence-electron chi connectivity index (χ0n) is 42.4. The van der Waals surface area contributed by atoms with Gasteiger partial charge in [-0.05, 0) is 70.6 Å². The minimum atomic E-state index is -4.74. The molecule has 0 bridgehead atoms. The molecule has 3 unspecified atom stereocenters. The monoisotopic (exact) mass is 955 g/mol. The largest absolute Gasteiger partial charge is 0.472 e. The Balaban J connectivity index is 4.73. The zero-order chi connectivity index (χ0) is 48.4. The van der Waals surface area contributed by atoms with E-state index in [2.05, 4.69) is 57.2 Å². The van der Waals surface area contributed by atoms with E-state index in [4.69, 9.17) is 23.3 Å². The molecule has 12 heteroatoms. The Bertz CT molecular complexity index is 1250. The number of esters is 3. The highest BCUT2D eigenvalue weighted by atomic mass is 31.2. The van der Waals surface area contributed by atoms with Crippen molar-refractivity contribution in [1.82, 2.24) is 0 Å². The lowest BCUT2D eigenvalue weighted by Gasteiger charge is -2.21. The van der Waals surface area contributed by atoms with Gasteiger partial charge >= 0.3 is 25.7 Å².